The molecular weight excluding hydrogens is 244 g/mol. The summed E-state index contributed by atoms with van der Waals surface area (Å²) in [7, 11) is 0. The van der Waals surface area contributed by atoms with Crippen molar-refractivity contribution in [2.75, 3.05) is 0 Å². The van der Waals surface area contributed by atoms with Crippen LogP contribution in [0.15, 0.2) is 47.2 Å². The zero-order valence-corrected chi connectivity index (χ0v) is 8.81. The number of aromatic nitrogens is 2. The summed E-state index contributed by atoms with van der Waals surface area (Å²) in [5.41, 5.74) is 0.608. The van der Waals surface area contributed by atoms with Crippen LogP contribution in [0.25, 0.3) is 0 Å². The van der Waals surface area contributed by atoms with Gasteiger partial charge < -0.3 is 0 Å². The van der Waals surface area contributed by atoms with Crippen molar-refractivity contribution in [3.05, 3.63) is 52.8 Å². The number of benzene rings is 1. The van der Waals surface area contributed by atoms with Crippen molar-refractivity contribution in [1.82, 2.24) is 9.78 Å². The summed E-state index contributed by atoms with van der Waals surface area (Å²) in [5, 5.41) is 3.88. The maximum atomic E-state index is 11.8. The minimum Gasteiger partial charge on any atom is -0.267 e. The molecule has 0 amide bonds. The molecule has 1 aromatic carbocycles. The molecule has 0 unspecified atom stereocenters. The van der Waals surface area contributed by atoms with Crippen molar-refractivity contribution in [2.24, 2.45) is 0 Å². The Morgan fingerprint density at radius 1 is 1.29 bits per heavy atom. The lowest BCUT2D eigenvalue weighted by Crippen LogP contribution is -2.12. The van der Waals surface area contributed by atoms with Crippen LogP contribution in [0.5, 0.6) is 0 Å². The van der Waals surface area contributed by atoms with E-state index in [4.69, 9.17) is 0 Å². The molecule has 2 aromatic rings. The minimum absolute atomic E-state index is 0.137. The molecule has 70 valence electrons. The number of halogens is 1. The van der Waals surface area contributed by atoms with Gasteiger partial charge >= 0.3 is 0 Å². The number of hydrogen-bond acceptors (Lipinski definition) is 2. The highest BCUT2D eigenvalue weighted by Gasteiger charge is 2.10. The fraction of sp³-hybridized carbons (Fsp3) is 0. The first kappa shape index (κ1) is 9.15. The Labute approximate surface area is 89.5 Å². The molecule has 0 aliphatic carbocycles. The quantitative estimate of drug-likeness (QED) is 0.779. The second-order valence-corrected chi connectivity index (χ2v) is 3.59. The van der Waals surface area contributed by atoms with E-state index in [1.165, 1.54) is 4.68 Å². The fourth-order valence-electron chi connectivity index (χ4n) is 1.15. The van der Waals surface area contributed by atoms with Crippen LogP contribution in [0.4, 0.5) is 0 Å². The smallest absolute Gasteiger partial charge is 0.267 e. The summed E-state index contributed by atoms with van der Waals surface area (Å²) >= 11 is 3.32. The van der Waals surface area contributed by atoms with E-state index in [9.17, 15) is 4.79 Å². The summed E-state index contributed by atoms with van der Waals surface area (Å²) in [6.07, 6.45) is 3.20. The van der Waals surface area contributed by atoms with Crippen LogP contribution in [0, 0.1) is 0 Å². The van der Waals surface area contributed by atoms with Gasteiger partial charge in [0.15, 0.2) is 0 Å². The second kappa shape index (κ2) is 3.75. The minimum atomic E-state index is -0.137. The molecule has 14 heavy (non-hydrogen) atoms. The molecule has 3 nitrogen and oxygen atoms in total. The molecule has 4 heteroatoms. The third-order valence-corrected chi connectivity index (χ3v) is 2.51. The Kier molecular flexibility index (Phi) is 2.45. The monoisotopic (exact) mass is 250 g/mol. The van der Waals surface area contributed by atoms with E-state index in [0.29, 0.717) is 5.56 Å². The van der Waals surface area contributed by atoms with Gasteiger partial charge in [-0.1, -0.05) is 12.1 Å². The molecular formula is C10H7BrN2O. The van der Waals surface area contributed by atoms with Gasteiger partial charge in [-0.3, -0.25) is 4.79 Å². The van der Waals surface area contributed by atoms with Crippen LogP contribution in [0.3, 0.4) is 0 Å². The number of hydrogen-bond donors (Lipinski definition) is 0. The summed E-state index contributed by atoms with van der Waals surface area (Å²) in [4.78, 5) is 11.8. The van der Waals surface area contributed by atoms with Gasteiger partial charge in [0.1, 0.15) is 0 Å². The third kappa shape index (κ3) is 1.61. The van der Waals surface area contributed by atoms with Crippen LogP contribution in [-0.2, 0) is 0 Å². The van der Waals surface area contributed by atoms with Crippen molar-refractivity contribution >= 4 is 21.8 Å². The summed E-state index contributed by atoms with van der Waals surface area (Å²) in [6, 6.07) is 8.99. The van der Waals surface area contributed by atoms with Gasteiger partial charge in [-0.2, -0.15) is 5.10 Å². The number of rotatable bonds is 1. The zero-order valence-electron chi connectivity index (χ0n) is 7.22. The van der Waals surface area contributed by atoms with E-state index in [2.05, 4.69) is 21.0 Å². The topological polar surface area (TPSA) is 34.9 Å². The molecule has 0 saturated carbocycles. The highest BCUT2D eigenvalue weighted by atomic mass is 79.9. The second-order valence-electron chi connectivity index (χ2n) is 2.74. The predicted molar refractivity (Wildman–Crippen MR) is 56.1 cm³/mol. The van der Waals surface area contributed by atoms with Crippen molar-refractivity contribution in [3.8, 4) is 0 Å². The maximum absolute atomic E-state index is 11.8. The number of carbonyl (C=O) groups excluding carboxylic acids is 1. The average Bonchev–Trinajstić information content (AvgIpc) is 2.70. The molecule has 1 heterocycles. The van der Waals surface area contributed by atoms with Crippen LogP contribution in [0.2, 0.25) is 0 Å². The van der Waals surface area contributed by atoms with E-state index in [1.54, 1.807) is 24.5 Å². The van der Waals surface area contributed by atoms with Gasteiger partial charge in [0.05, 0.1) is 5.56 Å². The third-order valence-electron chi connectivity index (χ3n) is 1.82. The van der Waals surface area contributed by atoms with Crippen molar-refractivity contribution in [1.29, 1.82) is 0 Å². The van der Waals surface area contributed by atoms with Gasteiger partial charge in [-0.05, 0) is 34.1 Å². The number of carbonyl (C=O) groups is 1. The maximum Gasteiger partial charge on any atom is 0.279 e. The van der Waals surface area contributed by atoms with Crippen LogP contribution in [-0.4, -0.2) is 15.7 Å². The molecule has 0 atom stereocenters. The lowest BCUT2D eigenvalue weighted by molar-refractivity contribution is 0.0944. The zero-order chi connectivity index (χ0) is 9.97. The van der Waals surface area contributed by atoms with E-state index in [0.717, 1.165) is 4.47 Å². The Balaban J connectivity index is 2.42. The van der Waals surface area contributed by atoms with Crippen LogP contribution < -0.4 is 0 Å². The number of nitrogens with zero attached hydrogens (tertiary/aromatic N) is 2. The predicted octanol–water partition coefficient (Wildman–Crippen LogP) is 2.33. The van der Waals surface area contributed by atoms with Crippen LogP contribution in [0.1, 0.15) is 10.4 Å². The van der Waals surface area contributed by atoms with Gasteiger partial charge in [-0.15, -0.1) is 0 Å². The largest absolute Gasteiger partial charge is 0.279 e. The molecule has 0 aliphatic heterocycles. The van der Waals surface area contributed by atoms with Crippen molar-refractivity contribution in [2.45, 2.75) is 0 Å². The molecule has 0 bridgehead atoms. The van der Waals surface area contributed by atoms with E-state index in [1.807, 2.05) is 18.2 Å². The van der Waals surface area contributed by atoms with Crippen LogP contribution >= 0.6 is 15.9 Å². The molecule has 2 rings (SSSR count). The van der Waals surface area contributed by atoms with Gasteiger partial charge in [-0.25, -0.2) is 4.68 Å². The van der Waals surface area contributed by atoms with Crippen molar-refractivity contribution in [3.63, 3.8) is 0 Å². The Morgan fingerprint density at radius 3 is 2.71 bits per heavy atom. The summed E-state index contributed by atoms with van der Waals surface area (Å²) in [5.74, 6) is -0.137. The van der Waals surface area contributed by atoms with E-state index in [-0.39, 0.29) is 5.91 Å². The van der Waals surface area contributed by atoms with Gasteiger partial charge in [0, 0.05) is 16.9 Å². The van der Waals surface area contributed by atoms with Crippen molar-refractivity contribution < 1.29 is 4.79 Å². The standard InChI is InChI=1S/C10H7BrN2O/c11-9-5-2-1-4-8(9)10(14)13-7-3-6-12-13/h1-7H. The first-order chi connectivity index (χ1) is 6.79. The molecule has 0 spiro atoms. The molecule has 1 aromatic heterocycles. The Bertz CT molecular complexity index is 451. The first-order valence-corrected chi connectivity index (χ1v) is 4.87. The SMILES string of the molecule is O=C(c1ccccc1Br)n1cccn1. The first-order valence-electron chi connectivity index (χ1n) is 4.08. The Hall–Kier alpha value is -1.42. The summed E-state index contributed by atoms with van der Waals surface area (Å²) < 4.78 is 2.08. The highest BCUT2D eigenvalue weighted by Crippen LogP contribution is 2.16. The highest BCUT2D eigenvalue weighted by molar-refractivity contribution is 9.10. The summed E-state index contributed by atoms with van der Waals surface area (Å²) in [6.45, 7) is 0. The lowest BCUT2D eigenvalue weighted by atomic mass is 10.2. The van der Waals surface area contributed by atoms with E-state index < -0.39 is 0 Å². The van der Waals surface area contributed by atoms with Gasteiger partial charge in [0.2, 0.25) is 0 Å². The molecule has 0 fully saturated rings. The Morgan fingerprint density at radius 2 is 2.07 bits per heavy atom. The molecule has 0 aliphatic rings. The lowest BCUT2D eigenvalue weighted by Gasteiger charge is -2.02. The van der Waals surface area contributed by atoms with E-state index >= 15 is 0 Å². The molecule has 0 radical (unpaired) electrons. The average molecular weight is 251 g/mol. The fourth-order valence-corrected chi connectivity index (χ4v) is 1.60. The normalized spacial score (nSPS) is 10.1. The van der Waals surface area contributed by atoms with Gasteiger partial charge in [0.25, 0.3) is 5.91 Å². The molecule has 0 saturated heterocycles. The molecule has 0 N–H and O–H groups in total.